The van der Waals surface area contributed by atoms with Crippen molar-refractivity contribution in [2.45, 2.75) is 45.8 Å². The maximum absolute atomic E-state index is 4.64. The molecule has 0 aromatic carbocycles. The first-order valence-corrected chi connectivity index (χ1v) is 8.70. The zero-order chi connectivity index (χ0) is 15.2. The fourth-order valence-corrected chi connectivity index (χ4v) is 3.21. The Hall–Kier alpha value is -1.16. The van der Waals surface area contributed by atoms with Crippen molar-refractivity contribution in [1.82, 2.24) is 25.4 Å². The van der Waals surface area contributed by atoms with E-state index in [0.29, 0.717) is 6.54 Å². The molecule has 0 radical (unpaired) electrons. The highest BCUT2D eigenvalue weighted by atomic mass is 127. The summed E-state index contributed by atoms with van der Waals surface area (Å²) in [6, 6.07) is 4.18. The second-order valence-corrected chi connectivity index (χ2v) is 6.30. The molecule has 2 aromatic rings. The lowest BCUT2D eigenvalue weighted by molar-refractivity contribution is 0.508. The number of fused-ring (bicyclic) bond motifs is 1. The van der Waals surface area contributed by atoms with Gasteiger partial charge in [0.15, 0.2) is 11.8 Å². The fourth-order valence-electron chi connectivity index (χ4n) is 2.56. The van der Waals surface area contributed by atoms with Gasteiger partial charge in [0.25, 0.3) is 0 Å². The van der Waals surface area contributed by atoms with Crippen LogP contribution < -0.4 is 10.6 Å². The molecule has 23 heavy (non-hydrogen) atoms. The summed E-state index contributed by atoms with van der Waals surface area (Å²) in [5, 5.41) is 17.3. The van der Waals surface area contributed by atoms with E-state index in [1.807, 2.05) is 0 Å². The Morgan fingerprint density at radius 1 is 1.35 bits per heavy atom. The van der Waals surface area contributed by atoms with Crippen LogP contribution in [0.2, 0.25) is 0 Å². The Kier molecular flexibility index (Phi) is 7.28. The highest BCUT2D eigenvalue weighted by Crippen LogP contribution is 2.14. The van der Waals surface area contributed by atoms with Gasteiger partial charge in [-0.1, -0.05) is 6.07 Å². The number of aromatic nitrogens is 3. The van der Waals surface area contributed by atoms with Gasteiger partial charge in [0, 0.05) is 24.4 Å². The van der Waals surface area contributed by atoms with E-state index < -0.39 is 0 Å². The molecule has 2 N–H and O–H groups in total. The summed E-state index contributed by atoms with van der Waals surface area (Å²) in [4.78, 5) is 5.94. The van der Waals surface area contributed by atoms with E-state index in [0.717, 1.165) is 43.7 Å². The standard InChI is InChI=1S/C15H22N6S.HI/c1-2-16-15(17-10-12-6-5-9-22-12)18-11-14-20-19-13-7-3-4-8-21(13)14;/h5-6,9H,2-4,7-8,10-11H2,1H3,(H2,16,17,18);1H. The van der Waals surface area contributed by atoms with Crippen molar-refractivity contribution < 1.29 is 0 Å². The zero-order valence-electron chi connectivity index (χ0n) is 13.3. The molecule has 2 aromatic heterocycles. The highest BCUT2D eigenvalue weighted by molar-refractivity contribution is 14.0. The predicted molar refractivity (Wildman–Crippen MR) is 104 cm³/mol. The molecule has 1 aliphatic rings. The van der Waals surface area contributed by atoms with E-state index in [2.05, 4.69) is 54.8 Å². The van der Waals surface area contributed by atoms with Crippen LogP contribution in [-0.2, 0) is 26.1 Å². The quantitative estimate of drug-likeness (QED) is 0.421. The van der Waals surface area contributed by atoms with E-state index in [1.165, 1.54) is 17.7 Å². The first-order chi connectivity index (χ1) is 10.9. The summed E-state index contributed by atoms with van der Waals surface area (Å²) < 4.78 is 2.22. The number of rotatable bonds is 5. The first-order valence-electron chi connectivity index (χ1n) is 7.82. The number of nitrogens with zero attached hydrogens (tertiary/aromatic N) is 4. The molecule has 0 bridgehead atoms. The van der Waals surface area contributed by atoms with Crippen molar-refractivity contribution in [2.75, 3.05) is 6.54 Å². The van der Waals surface area contributed by atoms with Crippen LogP contribution in [0.25, 0.3) is 0 Å². The van der Waals surface area contributed by atoms with Gasteiger partial charge in [-0.15, -0.1) is 45.5 Å². The highest BCUT2D eigenvalue weighted by Gasteiger charge is 2.15. The van der Waals surface area contributed by atoms with Crippen molar-refractivity contribution in [1.29, 1.82) is 0 Å². The van der Waals surface area contributed by atoms with Gasteiger partial charge in [0.2, 0.25) is 0 Å². The third kappa shape index (κ3) is 4.90. The largest absolute Gasteiger partial charge is 0.357 e. The minimum Gasteiger partial charge on any atom is -0.357 e. The Labute approximate surface area is 157 Å². The van der Waals surface area contributed by atoms with Crippen LogP contribution in [0.3, 0.4) is 0 Å². The van der Waals surface area contributed by atoms with Gasteiger partial charge in [-0.05, 0) is 31.2 Å². The summed E-state index contributed by atoms with van der Waals surface area (Å²) in [7, 11) is 0. The van der Waals surface area contributed by atoms with E-state index in [-0.39, 0.29) is 24.0 Å². The Morgan fingerprint density at radius 2 is 2.26 bits per heavy atom. The molecule has 3 heterocycles. The second kappa shape index (κ2) is 9.21. The summed E-state index contributed by atoms with van der Waals surface area (Å²) in [5.41, 5.74) is 0. The van der Waals surface area contributed by atoms with Crippen LogP contribution in [0.4, 0.5) is 0 Å². The normalized spacial score (nSPS) is 14.0. The van der Waals surface area contributed by atoms with E-state index in [9.17, 15) is 0 Å². The topological polar surface area (TPSA) is 67.1 Å². The van der Waals surface area contributed by atoms with E-state index in [1.54, 1.807) is 11.3 Å². The molecule has 8 heteroatoms. The molecule has 0 atom stereocenters. The third-order valence-electron chi connectivity index (χ3n) is 3.67. The van der Waals surface area contributed by atoms with Crippen molar-refractivity contribution in [2.24, 2.45) is 4.99 Å². The molecular formula is C15H23IN6S. The van der Waals surface area contributed by atoms with E-state index in [4.69, 9.17) is 0 Å². The van der Waals surface area contributed by atoms with Crippen molar-refractivity contribution in [3.8, 4) is 0 Å². The summed E-state index contributed by atoms with van der Waals surface area (Å²) in [6.45, 7) is 5.29. The number of guanidine groups is 1. The lowest BCUT2D eigenvalue weighted by Gasteiger charge is -2.14. The number of hydrogen-bond acceptors (Lipinski definition) is 4. The molecule has 0 aliphatic carbocycles. The fraction of sp³-hybridized carbons (Fsp3) is 0.533. The SMILES string of the molecule is CCNC(=NCc1nnc2n1CCCC2)NCc1cccs1.I. The molecule has 6 nitrogen and oxygen atoms in total. The minimum absolute atomic E-state index is 0. The van der Waals surface area contributed by atoms with Crippen LogP contribution in [0.15, 0.2) is 22.5 Å². The molecule has 0 saturated heterocycles. The number of aliphatic imine (C=N–C) groups is 1. The molecule has 126 valence electrons. The monoisotopic (exact) mass is 446 g/mol. The smallest absolute Gasteiger partial charge is 0.191 e. The van der Waals surface area contributed by atoms with Crippen molar-refractivity contribution >= 4 is 41.3 Å². The Morgan fingerprint density at radius 3 is 3.04 bits per heavy atom. The molecule has 0 unspecified atom stereocenters. The van der Waals surface area contributed by atoms with Crippen LogP contribution in [0.1, 0.15) is 36.3 Å². The second-order valence-electron chi connectivity index (χ2n) is 5.27. The number of nitrogens with one attached hydrogen (secondary N) is 2. The van der Waals surface area contributed by atoms with Gasteiger partial charge in [-0.2, -0.15) is 0 Å². The lowest BCUT2D eigenvalue weighted by atomic mass is 10.2. The van der Waals surface area contributed by atoms with Crippen LogP contribution >= 0.6 is 35.3 Å². The summed E-state index contributed by atoms with van der Waals surface area (Å²) in [5.74, 6) is 2.89. The first kappa shape index (κ1) is 18.2. The molecule has 3 rings (SSSR count). The molecule has 0 amide bonds. The van der Waals surface area contributed by atoms with Crippen molar-refractivity contribution in [3.05, 3.63) is 34.0 Å². The maximum Gasteiger partial charge on any atom is 0.191 e. The minimum atomic E-state index is 0. The van der Waals surface area contributed by atoms with Crippen molar-refractivity contribution in [3.63, 3.8) is 0 Å². The van der Waals surface area contributed by atoms with Crippen LogP contribution in [0, 0.1) is 0 Å². The average Bonchev–Trinajstić information content (AvgIpc) is 3.20. The number of halogens is 1. The van der Waals surface area contributed by atoms with Gasteiger partial charge in [-0.25, -0.2) is 4.99 Å². The third-order valence-corrected chi connectivity index (χ3v) is 4.55. The van der Waals surface area contributed by atoms with Crippen LogP contribution in [0.5, 0.6) is 0 Å². The maximum atomic E-state index is 4.64. The molecule has 1 aliphatic heterocycles. The molecule has 0 spiro atoms. The molecule has 0 saturated carbocycles. The van der Waals surface area contributed by atoms with Gasteiger partial charge < -0.3 is 15.2 Å². The number of thiophene rings is 1. The van der Waals surface area contributed by atoms with Crippen LogP contribution in [-0.4, -0.2) is 27.3 Å². The number of aryl methyl sites for hydroxylation is 1. The average molecular weight is 446 g/mol. The predicted octanol–water partition coefficient (Wildman–Crippen LogP) is 2.55. The Balaban J connectivity index is 0.00000192. The van der Waals surface area contributed by atoms with Gasteiger partial charge in [-0.3, -0.25) is 0 Å². The summed E-state index contributed by atoms with van der Waals surface area (Å²) >= 11 is 1.75. The van der Waals surface area contributed by atoms with E-state index >= 15 is 0 Å². The zero-order valence-corrected chi connectivity index (χ0v) is 16.4. The summed E-state index contributed by atoms with van der Waals surface area (Å²) in [6.07, 6.45) is 3.46. The lowest BCUT2D eigenvalue weighted by Crippen LogP contribution is -2.36. The van der Waals surface area contributed by atoms with Gasteiger partial charge in [0.05, 0.1) is 6.54 Å². The molecular weight excluding hydrogens is 423 g/mol. The van der Waals surface area contributed by atoms with Gasteiger partial charge >= 0.3 is 0 Å². The van der Waals surface area contributed by atoms with Gasteiger partial charge in [0.1, 0.15) is 12.4 Å². The number of hydrogen-bond donors (Lipinski definition) is 2. The molecule has 0 fully saturated rings. The Bertz CT molecular complexity index is 622.